The highest BCUT2D eigenvalue weighted by Gasteiger charge is 2.24. The van der Waals surface area contributed by atoms with Crippen LogP contribution in [0.3, 0.4) is 0 Å². The molecule has 0 aromatic carbocycles. The van der Waals surface area contributed by atoms with Gasteiger partial charge in [-0.3, -0.25) is 0 Å². The number of rotatable bonds is 0. The van der Waals surface area contributed by atoms with Gasteiger partial charge in [-0.2, -0.15) is 0 Å². The maximum Gasteiger partial charge on any atom is 0.559 e. The average molecular weight is 116 g/mol. The lowest BCUT2D eigenvalue weighted by atomic mass is 11.5. The lowest BCUT2D eigenvalue weighted by Crippen LogP contribution is -1.92. The van der Waals surface area contributed by atoms with Gasteiger partial charge < -0.3 is 0 Å². The first-order valence-corrected chi connectivity index (χ1v) is 0.756. The minimum atomic E-state index is -5.50. The smallest absolute Gasteiger partial charge is 0.140 e. The Morgan fingerprint density at radius 3 is 0.833 bits per heavy atom. The van der Waals surface area contributed by atoms with Crippen LogP contribution in [0.1, 0.15) is 0 Å². The molecule has 36 valence electrons. The summed E-state index contributed by atoms with van der Waals surface area (Å²) in [5.41, 5.74) is 0. The first-order chi connectivity index (χ1) is 2.00. The predicted molar refractivity (Wildman–Crippen MR) is 12.9 cm³/mol. The van der Waals surface area contributed by atoms with E-state index in [1.165, 1.54) is 0 Å². The van der Waals surface area contributed by atoms with E-state index >= 15 is 0 Å². The van der Waals surface area contributed by atoms with Crippen molar-refractivity contribution in [3.8, 4) is 0 Å². The molecule has 0 nitrogen and oxygen atoms in total. The van der Waals surface area contributed by atoms with Crippen LogP contribution in [0.2, 0.25) is 0 Å². The average Bonchev–Trinajstić information content (AvgIpc) is 0.722. The SMILES string of the molecule is FC(F)(F)F.[Si]. The molecule has 0 amide bonds. The summed E-state index contributed by atoms with van der Waals surface area (Å²) in [5.74, 6) is 0. The van der Waals surface area contributed by atoms with E-state index in [4.69, 9.17) is 0 Å². The monoisotopic (exact) mass is 116 g/mol. The topological polar surface area (TPSA) is 0 Å². The standard InChI is InChI=1S/CF4.Si/c2-1(3,4)5;. The Kier molecular flexibility index (Phi) is 3.38. The molecule has 0 aliphatic carbocycles. The van der Waals surface area contributed by atoms with Crippen LogP contribution in [0, 0.1) is 0 Å². The van der Waals surface area contributed by atoms with Gasteiger partial charge in [0.25, 0.3) is 0 Å². The molecule has 4 radical (unpaired) electrons. The molecule has 0 saturated carbocycles. The number of halogens is 4. The van der Waals surface area contributed by atoms with Crippen LogP contribution in [-0.4, -0.2) is 17.4 Å². The molecule has 0 saturated heterocycles. The minimum Gasteiger partial charge on any atom is -0.140 e. The summed E-state index contributed by atoms with van der Waals surface area (Å²) in [6, 6.07) is 0. The molecule has 6 heavy (non-hydrogen) atoms. The van der Waals surface area contributed by atoms with Crippen molar-refractivity contribution >= 4 is 11.0 Å². The van der Waals surface area contributed by atoms with E-state index in [9.17, 15) is 17.6 Å². The number of hydrogen-bond acceptors (Lipinski definition) is 0. The fourth-order valence-electron chi connectivity index (χ4n) is 0. The summed E-state index contributed by atoms with van der Waals surface area (Å²) in [7, 11) is 0. The molecule has 0 aliphatic rings. The van der Waals surface area contributed by atoms with Crippen molar-refractivity contribution in [2.45, 2.75) is 6.43 Å². The fraction of sp³-hybridized carbons (Fsp3) is 1.00. The third-order valence-corrected chi connectivity index (χ3v) is 0. The third kappa shape index (κ3) is 8520. The summed E-state index contributed by atoms with van der Waals surface area (Å²) in [6.07, 6.45) is -5.50. The van der Waals surface area contributed by atoms with E-state index in [1.807, 2.05) is 0 Å². The van der Waals surface area contributed by atoms with Crippen molar-refractivity contribution < 1.29 is 17.6 Å². The summed E-state index contributed by atoms with van der Waals surface area (Å²) < 4.78 is 38.8. The second kappa shape index (κ2) is 2.17. The van der Waals surface area contributed by atoms with E-state index in [-0.39, 0.29) is 11.0 Å². The van der Waals surface area contributed by atoms with Crippen molar-refractivity contribution in [2.75, 3.05) is 0 Å². The van der Waals surface area contributed by atoms with Gasteiger partial charge in [0.2, 0.25) is 0 Å². The van der Waals surface area contributed by atoms with Crippen LogP contribution >= 0.6 is 0 Å². The van der Waals surface area contributed by atoms with Gasteiger partial charge in [-0.05, 0) is 0 Å². The molecular weight excluding hydrogens is 116 g/mol. The first-order valence-electron chi connectivity index (χ1n) is 0.756. The largest absolute Gasteiger partial charge is 0.559 e. The molecular formula is CF4Si. The van der Waals surface area contributed by atoms with E-state index in [0.717, 1.165) is 0 Å². The van der Waals surface area contributed by atoms with E-state index in [1.54, 1.807) is 0 Å². The van der Waals surface area contributed by atoms with Crippen molar-refractivity contribution in [1.29, 1.82) is 0 Å². The summed E-state index contributed by atoms with van der Waals surface area (Å²) >= 11 is 0. The van der Waals surface area contributed by atoms with Gasteiger partial charge in [-0.15, -0.1) is 17.6 Å². The second-order valence-electron chi connectivity index (χ2n) is 0.429. The second-order valence-corrected chi connectivity index (χ2v) is 0.429. The van der Waals surface area contributed by atoms with Gasteiger partial charge in [0.1, 0.15) is 0 Å². The van der Waals surface area contributed by atoms with E-state index < -0.39 is 6.43 Å². The molecule has 0 heterocycles. The van der Waals surface area contributed by atoms with Crippen LogP contribution < -0.4 is 0 Å². The van der Waals surface area contributed by atoms with Gasteiger partial charge in [0.15, 0.2) is 0 Å². The molecule has 0 rings (SSSR count). The molecule has 0 aliphatic heterocycles. The predicted octanol–water partition coefficient (Wildman–Crippen LogP) is 1.09. The highest BCUT2D eigenvalue weighted by Crippen LogP contribution is 2.13. The number of hydrogen-bond donors (Lipinski definition) is 0. The lowest BCUT2D eigenvalue weighted by molar-refractivity contribution is -0.237. The highest BCUT2D eigenvalue weighted by molar-refractivity contribution is 5.75. The molecule has 0 spiro atoms. The van der Waals surface area contributed by atoms with Crippen molar-refractivity contribution in [1.82, 2.24) is 0 Å². The Bertz CT molecular complexity index is 23.0. The Labute approximate surface area is 36.2 Å². The minimum absolute atomic E-state index is 0. The highest BCUT2D eigenvalue weighted by atomic mass is 28.1. The van der Waals surface area contributed by atoms with Gasteiger partial charge >= 0.3 is 6.43 Å². The van der Waals surface area contributed by atoms with Gasteiger partial charge in [-0.1, -0.05) is 0 Å². The lowest BCUT2D eigenvalue weighted by Gasteiger charge is -1.82. The molecule has 0 fully saturated rings. The van der Waals surface area contributed by atoms with E-state index in [0.29, 0.717) is 0 Å². The van der Waals surface area contributed by atoms with Gasteiger partial charge in [0, 0.05) is 11.0 Å². The van der Waals surface area contributed by atoms with Crippen LogP contribution in [0.5, 0.6) is 0 Å². The van der Waals surface area contributed by atoms with Crippen LogP contribution in [0.15, 0.2) is 0 Å². The normalized spacial score (nSPS) is 10.0. The number of alkyl halides is 4. The Morgan fingerprint density at radius 1 is 0.833 bits per heavy atom. The van der Waals surface area contributed by atoms with Crippen molar-refractivity contribution in [3.05, 3.63) is 0 Å². The van der Waals surface area contributed by atoms with Crippen LogP contribution in [0.25, 0.3) is 0 Å². The van der Waals surface area contributed by atoms with Crippen LogP contribution in [0.4, 0.5) is 17.6 Å². The third-order valence-electron chi connectivity index (χ3n) is 0. The maximum absolute atomic E-state index is 9.69. The van der Waals surface area contributed by atoms with Gasteiger partial charge in [-0.25, -0.2) is 0 Å². The molecule has 0 atom stereocenters. The summed E-state index contributed by atoms with van der Waals surface area (Å²) in [4.78, 5) is 0. The van der Waals surface area contributed by atoms with E-state index in [2.05, 4.69) is 0 Å². The van der Waals surface area contributed by atoms with Gasteiger partial charge in [0.05, 0.1) is 0 Å². The van der Waals surface area contributed by atoms with Crippen molar-refractivity contribution in [3.63, 3.8) is 0 Å². The molecule has 0 N–H and O–H groups in total. The molecule has 0 bridgehead atoms. The Morgan fingerprint density at radius 2 is 0.833 bits per heavy atom. The van der Waals surface area contributed by atoms with Crippen LogP contribution in [-0.2, 0) is 0 Å². The molecule has 0 aromatic heterocycles. The maximum atomic E-state index is 9.69. The molecule has 0 aromatic rings. The Hall–Kier alpha value is -0.0631. The molecule has 5 heteroatoms. The summed E-state index contributed by atoms with van der Waals surface area (Å²) in [5, 5.41) is 0. The summed E-state index contributed by atoms with van der Waals surface area (Å²) in [6.45, 7) is 0. The zero-order valence-electron chi connectivity index (χ0n) is 2.51. The quantitative estimate of drug-likeness (QED) is 0.328. The first kappa shape index (κ1) is 9.34. The fourth-order valence-corrected chi connectivity index (χ4v) is 0. The Balaban J connectivity index is 0. The molecule has 0 unspecified atom stereocenters. The zero-order chi connectivity index (χ0) is 4.50. The van der Waals surface area contributed by atoms with Crippen molar-refractivity contribution in [2.24, 2.45) is 0 Å². The zero-order valence-corrected chi connectivity index (χ0v) is 3.51.